The highest BCUT2D eigenvalue weighted by atomic mass is 35.5. The van der Waals surface area contributed by atoms with Crippen molar-refractivity contribution in [3.05, 3.63) is 17.7 Å². The zero-order valence-electron chi connectivity index (χ0n) is 8.81. The van der Waals surface area contributed by atoms with Crippen LogP contribution in [0.15, 0.2) is 12.1 Å². The van der Waals surface area contributed by atoms with E-state index in [1.54, 1.807) is 6.07 Å². The fourth-order valence-electron chi connectivity index (χ4n) is 1.98. The lowest BCUT2D eigenvalue weighted by molar-refractivity contribution is 0.350. The maximum absolute atomic E-state index is 9.68. The molecule has 0 bridgehead atoms. The van der Waals surface area contributed by atoms with Gasteiger partial charge in [-0.3, -0.25) is 0 Å². The molecule has 4 N–H and O–H groups in total. The Morgan fingerprint density at radius 1 is 1.06 bits per heavy atom. The molecule has 1 aromatic rings. The van der Waals surface area contributed by atoms with Crippen molar-refractivity contribution in [3.8, 4) is 17.2 Å². The Hall–Kier alpha value is -1.13. The number of halogens is 1. The number of aromatic hydroxyl groups is 3. The molecular formula is C11H16ClNO3. The van der Waals surface area contributed by atoms with Crippen LogP contribution in [0.4, 0.5) is 0 Å². The summed E-state index contributed by atoms with van der Waals surface area (Å²) in [5, 5.41) is 31.5. The number of piperidine rings is 1. The summed E-state index contributed by atoms with van der Waals surface area (Å²) in [5.74, 6) is -0.929. The van der Waals surface area contributed by atoms with E-state index in [9.17, 15) is 15.3 Å². The minimum Gasteiger partial charge on any atom is -0.504 e. The molecule has 16 heavy (non-hydrogen) atoms. The highest BCUT2D eigenvalue weighted by molar-refractivity contribution is 5.85. The van der Waals surface area contributed by atoms with Gasteiger partial charge in [-0.1, -0.05) is 6.42 Å². The molecule has 5 heteroatoms. The molecule has 1 fully saturated rings. The molecule has 1 aromatic carbocycles. The fourth-order valence-corrected chi connectivity index (χ4v) is 1.98. The van der Waals surface area contributed by atoms with Crippen molar-refractivity contribution >= 4 is 12.4 Å². The first kappa shape index (κ1) is 12.9. The maximum Gasteiger partial charge on any atom is 0.200 e. The predicted octanol–water partition coefficient (Wildman–Crippen LogP) is 2.04. The minimum absolute atomic E-state index is 0. The molecule has 1 aliphatic rings. The Kier molecular flexibility index (Phi) is 4.26. The Balaban J connectivity index is 0.00000128. The standard InChI is InChI=1S/C11H15NO3.ClH/c13-9-5-4-7(10(14)11(9)15)8-3-1-2-6-12-8;/h4-5,8,12-15H,1-3,6H2;1H/t8-;/m1./s1. The van der Waals surface area contributed by atoms with Gasteiger partial charge in [0.1, 0.15) is 0 Å². The topological polar surface area (TPSA) is 72.7 Å². The van der Waals surface area contributed by atoms with Gasteiger partial charge in [0, 0.05) is 11.6 Å². The average Bonchev–Trinajstić information content (AvgIpc) is 2.27. The molecule has 1 aliphatic heterocycles. The summed E-state index contributed by atoms with van der Waals surface area (Å²) in [4.78, 5) is 0. The molecule has 0 radical (unpaired) electrons. The van der Waals surface area contributed by atoms with Crippen LogP contribution in [0, 0.1) is 0 Å². The first-order chi connectivity index (χ1) is 7.20. The molecule has 1 saturated heterocycles. The van der Waals surface area contributed by atoms with Crippen LogP contribution in [0.3, 0.4) is 0 Å². The monoisotopic (exact) mass is 245 g/mol. The number of phenolic OH excluding ortho intramolecular Hbond substituents is 3. The highest BCUT2D eigenvalue weighted by Crippen LogP contribution is 2.41. The molecule has 1 atom stereocenters. The van der Waals surface area contributed by atoms with E-state index < -0.39 is 5.75 Å². The van der Waals surface area contributed by atoms with Crippen molar-refractivity contribution in [1.29, 1.82) is 0 Å². The predicted molar refractivity (Wildman–Crippen MR) is 63.3 cm³/mol. The molecule has 0 aliphatic carbocycles. The second kappa shape index (κ2) is 5.27. The Labute approximate surface area is 100 Å². The van der Waals surface area contributed by atoms with Gasteiger partial charge in [0.05, 0.1) is 0 Å². The molecule has 90 valence electrons. The van der Waals surface area contributed by atoms with Gasteiger partial charge in [-0.15, -0.1) is 12.4 Å². The zero-order chi connectivity index (χ0) is 10.8. The molecule has 0 saturated carbocycles. The summed E-state index contributed by atoms with van der Waals surface area (Å²) in [5.41, 5.74) is 0.657. The van der Waals surface area contributed by atoms with Crippen LogP contribution in [0.5, 0.6) is 17.2 Å². The van der Waals surface area contributed by atoms with E-state index in [-0.39, 0.29) is 29.9 Å². The number of hydrogen-bond acceptors (Lipinski definition) is 4. The number of rotatable bonds is 1. The Morgan fingerprint density at radius 3 is 2.44 bits per heavy atom. The highest BCUT2D eigenvalue weighted by Gasteiger charge is 2.20. The lowest BCUT2D eigenvalue weighted by Gasteiger charge is -2.24. The minimum atomic E-state index is -0.431. The lowest BCUT2D eigenvalue weighted by Crippen LogP contribution is -2.26. The molecule has 0 amide bonds. The van der Waals surface area contributed by atoms with Gasteiger partial charge in [0.15, 0.2) is 11.5 Å². The van der Waals surface area contributed by atoms with Crippen molar-refractivity contribution in [2.24, 2.45) is 0 Å². The molecule has 0 unspecified atom stereocenters. The second-order valence-electron chi connectivity index (χ2n) is 3.87. The van der Waals surface area contributed by atoms with Crippen molar-refractivity contribution in [3.63, 3.8) is 0 Å². The van der Waals surface area contributed by atoms with Crippen LogP contribution in [-0.4, -0.2) is 21.9 Å². The largest absolute Gasteiger partial charge is 0.504 e. The van der Waals surface area contributed by atoms with Crippen LogP contribution in [0.2, 0.25) is 0 Å². The summed E-state index contributed by atoms with van der Waals surface area (Å²) in [7, 11) is 0. The van der Waals surface area contributed by atoms with Crippen molar-refractivity contribution in [2.75, 3.05) is 6.54 Å². The molecule has 2 rings (SSSR count). The number of nitrogens with one attached hydrogen (secondary N) is 1. The molecule has 4 nitrogen and oxygen atoms in total. The van der Waals surface area contributed by atoms with E-state index in [2.05, 4.69) is 5.32 Å². The lowest BCUT2D eigenvalue weighted by atomic mass is 9.96. The Bertz CT molecular complexity index is 364. The first-order valence-corrected chi connectivity index (χ1v) is 5.17. The van der Waals surface area contributed by atoms with Gasteiger partial charge in [0.25, 0.3) is 0 Å². The van der Waals surface area contributed by atoms with E-state index in [0.29, 0.717) is 5.56 Å². The van der Waals surface area contributed by atoms with Crippen LogP contribution < -0.4 is 5.32 Å². The van der Waals surface area contributed by atoms with E-state index in [1.165, 1.54) is 6.07 Å². The van der Waals surface area contributed by atoms with Gasteiger partial charge in [-0.2, -0.15) is 0 Å². The van der Waals surface area contributed by atoms with Gasteiger partial charge >= 0.3 is 0 Å². The summed E-state index contributed by atoms with van der Waals surface area (Å²) in [6.45, 7) is 0.922. The average molecular weight is 246 g/mol. The number of phenols is 3. The van der Waals surface area contributed by atoms with Crippen molar-refractivity contribution in [1.82, 2.24) is 5.32 Å². The van der Waals surface area contributed by atoms with Crippen LogP contribution in [-0.2, 0) is 0 Å². The van der Waals surface area contributed by atoms with Crippen molar-refractivity contribution in [2.45, 2.75) is 25.3 Å². The fraction of sp³-hybridized carbons (Fsp3) is 0.455. The third-order valence-corrected chi connectivity index (χ3v) is 2.85. The van der Waals surface area contributed by atoms with E-state index in [0.717, 1.165) is 25.8 Å². The van der Waals surface area contributed by atoms with Gasteiger partial charge < -0.3 is 20.6 Å². The first-order valence-electron chi connectivity index (χ1n) is 5.17. The van der Waals surface area contributed by atoms with E-state index in [1.807, 2.05) is 0 Å². The second-order valence-corrected chi connectivity index (χ2v) is 3.87. The molecule has 0 aromatic heterocycles. The number of hydrogen-bond donors (Lipinski definition) is 4. The molecule has 1 heterocycles. The van der Waals surface area contributed by atoms with Gasteiger partial charge in [0.2, 0.25) is 5.75 Å². The SMILES string of the molecule is Cl.Oc1ccc([C@H]2CCCCN2)c(O)c1O. The van der Waals surface area contributed by atoms with Crippen LogP contribution in [0.25, 0.3) is 0 Å². The summed E-state index contributed by atoms with van der Waals surface area (Å²) >= 11 is 0. The van der Waals surface area contributed by atoms with Crippen LogP contribution in [0.1, 0.15) is 30.9 Å². The van der Waals surface area contributed by atoms with Gasteiger partial charge in [-0.25, -0.2) is 0 Å². The van der Waals surface area contributed by atoms with Crippen LogP contribution >= 0.6 is 12.4 Å². The summed E-state index contributed by atoms with van der Waals surface area (Å²) in [6.07, 6.45) is 3.19. The van der Waals surface area contributed by atoms with E-state index in [4.69, 9.17) is 0 Å². The normalized spacial score (nSPS) is 20.1. The smallest absolute Gasteiger partial charge is 0.200 e. The zero-order valence-corrected chi connectivity index (χ0v) is 9.63. The van der Waals surface area contributed by atoms with Crippen molar-refractivity contribution < 1.29 is 15.3 Å². The Morgan fingerprint density at radius 2 is 1.81 bits per heavy atom. The molecule has 0 spiro atoms. The quantitative estimate of drug-likeness (QED) is 0.572. The number of benzene rings is 1. The third kappa shape index (κ3) is 2.33. The van der Waals surface area contributed by atoms with Gasteiger partial charge in [-0.05, 0) is 31.5 Å². The van der Waals surface area contributed by atoms with E-state index >= 15 is 0 Å². The summed E-state index contributed by atoms with van der Waals surface area (Å²) < 4.78 is 0. The third-order valence-electron chi connectivity index (χ3n) is 2.85. The molecular weight excluding hydrogens is 230 g/mol. The summed E-state index contributed by atoms with van der Waals surface area (Å²) in [6, 6.07) is 3.12. The maximum atomic E-state index is 9.68.